The molecule has 0 fully saturated rings. The smallest absolute Gasteiger partial charge is 0.407 e. The lowest BCUT2D eigenvalue weighted by atomic mass is 10.1. The van der Waals surface area contributed by atoms with Crippen molar-refractivity contribution >= 4 is 27.6 Å². The highest BCUT2D eigenvalue weighted by Crippen LogP contribution is 2.19. The van der Waals surface area contributed by atoms with Gasteiger partial charge < -0.3 is 10.1 Å². The summed E-state index contributed by atoms with van der Waals surface area (Å²) in [6, 6.07) is 6.16. The molecule has 2 rings (SSSR count). The van der Waals surface area contributed by atoms with Crippen molar-refractivity contribution in [1.82, 2.24) is 10.3 Å². The molecule has 1 aromatic carbocycles. The van der Waals surface area contributed by atoms with Gasteiger partial charge >= 0.3 is 6.09 Å². The van der Waals surface area contributed by atoms with Crippen LogP contribution in [0.2, 0.25) is 0 Å². The Balaban J connectivity index is 1.83. The Hall–Kier alpha value is -1.62. The maximum absolute atomic E-state index is 11.5. The van der Waals surface area contributed by atoms with Crippen LogP contribution >= 0.6 is 11.3 Å². The lowest BCUT2D eigenvalue weighted by Gasteiger charge is -2.19. The van der Waals surface area contributed by atoms with Crippen LogP contribution in [0.3, 0.4) is 0 Å². The van der Waals surface area contributed by atoms with Crippen LogP contribution in [-0.2, 0) is 11.2 Å². The zero-order chi connectivity index (χ0) is 13.9. The molecule has 1 heterocycles. The highest BCUT2D eigenvalue weighted by Gasteiger charge is 2.15. The summed E-state index contributed by atoms with van der Waals surface area (Å²) in [5, 5.41) is 2.76. The van der Waals surface area contributed by atoms with Crippen molar-refractivity contribution in [3.05, 3.63) is 29.3 Å². The Kier molecular flexibility index (Phi) is 4.04. The Morgan fingerprint density at radius 2 is 2.21 bits per heavy atom. The van der Waals surface area contributed by atoms with Crippen LogP contribution in [-0.4, -0.2) is 23.2 Å². The molecule has 0 saturated heterocycles. The number of benzene rings is 1. The molecule has 102 valence electrons. The van der Waals surface area contributed by atoms with Gasteiger partial charge in [-0.3, -0.25) is 0 Å². The number of alkyl carbamates (subject to hydrolysis) is 1. The van der Waals surface area contributed by atoms with E-state index in [0.29, 0.717) is 6.54 Å². The number of fused-ring (bicyclic) bond motifs is 1. The van der Waals surface area contributed by atoms with E-state index in [9.17, 15) is 4.79 Å². The molecule has 0 aliphatic rings. The molecule has 2 aromatic rings. The van der Waals surface area contributed by atoms with Crippen LogP contribution in [0.15, 0.2) is 23.7 Å². The van der Waals surface area contributed by atoms with E-state index in [0.717, 1.165) is 11.9 Å². The molecular weight excluding hydrogens is 260 g/mol. The summed E-state index contributed by atoms with van der Waals surface area (Å²) in [5.74, 6) is 0. The van der Waals surface area contributed by atoms with E-state index < -0.39 is 5.60 Å². The molecule has 0 bridgehead atoms. The zero-order valence-corrected chi connectivity index (χ0v) is 12.2. The van der Waals surface area contributed by atoms with Gasteiger partial charge in [0.25, 0.3) is 0 Å². The van der Waals surface area contributed by atoms with Crippen molar-refractivity contribution in [3.8, 4) is 0 Å². The predicted octanol–water partition coefficient (Wildman–Crippen LogP) is 3.36. The molecule has 0 saturated carbocycles. The van der Waals surface area contributed by atoms with Crippen LogP contribution in [0.5, 0.6) is 0 Å². The van der Waals surface area contributed by atoms with E-state index >= 15 is 0 Å². The molecule has 0 aliphatic carbocycles. The van der Waals surface area contributed by atoms with Crippen LogP contribution in [0.1, 0.15) is 26.3 Å². The largest absolute Gasteiger partial charge is 0.444 e. The van der Waals surface area contributed by atoms with Gasteiger partial charge in [-0.25, -0.2) is 9.78 Å². The van der Waals surface area contributed by atoms with E-state index in [4.69, 9.17) is 4.74 Å². The molecule has 0 radical (unpaired) electrons. The van der Waals surface area contributed by atoms with Gasteiger partial charge in [-0.2, -0.15) is 0 Å². The van der Waals surface area contributed by atoms with Crippen LogP contribution in [0.25, 0.3) is 10.2 Å². The number of carbonyl (C=O) groups is 1. The van der Waals surface area contributed by atoms with Gasteiger partial charge in [0.2, 0.25) is 0 Å². The predicted molar refractivity (Wildman–Crippen MR) is 77.6 cm³/mol. The molecule has 1 aromatic heterocycles. The summed E-state index contributed by atoms with van der Waals surface area (Å²) < 4.78 is 6.35. The Bertz CT molecular complexity index is 572. The van der Waals surface area contributed by atoms with Crippen molar-refractivity contribution in [2.75, 3.05) is 6.54 Å². The van der Waals surface area contributed by atoms with Crippen molar-refractivity contribution in [2.24, 2.45) is 0 Å². The third kappa shape index (κ3) is 4.21. The second kappa shape index (κ2) is 5.57. The molecular formula is C14H18N2O2S. The molecule has 1 amide bonds. The minimum absolute atomic E-state index is 0.369. The van der Waals surface area contributed by atoms with Crippen LogP contribution in [0.4, 0.5) is 4.79 Å². The summed E-state index contributed by atoms with van der Waals surface area (Å²) in [6.45, 7) is 6.12. The Morgan fingerprint density at radius 3 is 2.95 bits per heavy atom. The summed E-state index contributed by atoms with van der Waals surface area (Å²) >= 11 is 1.63. The van der Waals surface area contributed by atoms with Crippen molar-refractivity contribution in [1.29, 1.82) is 0 Å². The van der Waals surface area contributed by atoms with E-state index in [1.54, 1.807) is 11.3 Å². The number of nitrogens with one attached hydrogen (secondary N) is 1. The number of rotatable bonds is 3. The number of amides is 1. The summed E-state index contributed by atoms with van der Waals surface area (Å²) in [5.41, 5.74) is 3.60. The third-order valence-electron chi connectivity index (χ3n) is 2.48. The molecule has 0 spiro atoms. The normalized spacial score (nSPS) is 11.5. The maximum atomic E-state index is 11.5. The molecule has 19 heavy (non-hydrogen) atoms. The van der Waals surface area contributed by atoms with Gasteiger partial charge in [0.05, 0.1) is 15.7 Å². The SMILES string of the molecule is CC(C)(C)OC(=O)NCCc1ccc2ncsc2c1. The van der Waals surface area contributed by atoms with Crippen LogP contribution < -0.4 is 5.32 Å². The fraction of sp³-hybridized carbons (Fsp3) is 0.429. The van der Waals surface area contributed by atoms with Crippen molar-refractivity contribution in [2.45, 2.75) is 32.8 Å². The van der Waals surface area contributed by atoms with Gasteiger partial charge in [-0.05, 0) is 44.9 Å². The second-order valence-electron chi connectivity index (χ2n) is 5.33. The number of hydrogen-bond donors (Lipinski definition) is 1. The first-order valence-corrected chi connectivity index (χ1v) is 7.11. The highest BCUT2D eigenvalue weighted by molar-refractivity contribution is 7.16. The fourth-order valence-corrected chi connectivity index (χ4v) is 2.42. The van der Waals surface area contributed by atoms with E-state index in [1.807, 2.05) is 38.4 Å². The Morgan fingerprint density at radius 1 is 1.42 bits per heavy atom. The van der Waals surface area contributed by atoms with Gasteiger partial charge in [0, 0.05) is 6.54 Å². The molecule has 0 aliphatic heterocycles. The summed E-state index contributed by atoms with van der Waals surface area (Å²) in [6.07, 6.45) is 0.416. The molecule has 0 unspecified atom stereocenters. The van der Waals surface area contributed by atoms with E-state index in [2.05, 4.69) is 16.4 Å². The molecule has 4 nitrogen and oxygen atoms in total. The lowest BCUT2D eigenvalue weighted by molar-refractivity contribution is 0.0528. The van der Waals surface area contributed by atoms with Gasteiger partial charge in [-0.1, -0.05) is 6.07 Å². The minimum atomic E-state index is -0.453. The van der Waals surface area contributed by atoms with Gasteiger partial charge in [0.1, 0.15) is 5.60 Å². The summed E-state index contributed by atoms with van der Waals surface area (Å²) in [4.78, 5) is 15.7. The second-order valence-corrected chi connectivity index (χ2v) is 6.22. The summed E-state index contributed by atoms with van der Waals surface area (Å²) in [7, 11) is 0. The number of hydrogen-bond acceptors (Lipinski definition) is 4. The average molecular weight is 278 g/mol. The topological polar surface area (TPSA) is 51.2 Å². The number of nitrogens with zero attached hydrogens (tertiary/aromatic N) is 1. The number of carbonyl (C=O) groups excluding carboxylic acids is 1. The number of thiazole rings is 1. The van der Waals surface area contributed by atoms with E-state index in [-0.39, 0.29) is 6.09 Å². The van der Waals surface area contributed by atoms with Crippen molar-refractivity contribution in [3.63, 3.8) is 0 Å². The standard InChI is InChI=1S/C14H18N2O2S/c1-14(2,3)18-13(17)15-7-6-10-4-5-11-12(8-10)19-9-16-11/h4-5,8-9H,6-7H2,1-3H3,(H,15,17). The minimum Gasteiger partial charge on any atom is -0.444 e. The molecule has 5 heteroatoms. The van der Waals surface area contributed by atoms with Gasteiger partial charge in [0.15, 0.2) is 0 Å². The maximum Gasteiger partial charge on any atom is 0.407 e. The average Bonchev–Trinajstić information content (AvgIpc) is 2.73. The Labute approximate surface area is 116 Å². The number of ether oxygens (including phenoxy) is 1. The molecule has 1 N–H and O–H groups in total. The van der Waals surface area contributed by atoms with Crippen molar-refractivity contribution < 1.29 is 9.53 Å². The first-order valence-electron chi connectivity index (χ1n) is 6.23. The van der Waals surface area contributed by atoms with Gasteiger partial charge in [-0.15, -0.1) is 11.3 Å². The quantitative estimate of drug-likeness (QED) is 0.936. The first-order chi connectivity index (χ1) is 8.94. The lowest BCUT2D eigenvalue weighted by Crippen LogP contribution is -2.33. The first kappa shape index (κ1) is 13.8. The number of aromatic nitrogens is 1. The van der Waals surface area contributed by atoms with E-state index in [1.165, 1.54) is 10.3 Å². The van der Waals surface area contributed by atoms with Crippen LogP contribution in [0, 0.1) is 0 Å². The zero-order valence-electron chi connectivity index (χ0n) is 11.4. The fourth-order valence-electron chi connectivity index (χ4n) is 1.68. The highest BCUT2D eigenvalue weighted by atomic mass is 32.1. The molecule has 0 atom stereocenters. The monoisotopic (exact) mass is 278 g/mol. The third-order valence-corrected chi connectivity index (χ3v) is 3.27.